The molecule has 2 heterocycles. The Hall–Kier alpha value is -2.14. The van der Waals surface area contributed by atoms with E-state index >= 15 is 0 Å². The molecule has 0 bridgehead atoms. The number of aromatic nitrogens is 4. The second-order valence-corrected chi connectivity index (χ2v) is 5.91. The average Bonchev–Trinajstić information content (AvgIpc) is 3.00. The summed E-state index contributed by atoms with van der Waals surface area (Å²) in [6, 6.07) is 3.66. The van der Waals surface area contributed by atoms with E-state index in [2.05, 4.69) is 31.4 Å². The monoisotopic (exact) mass is 364 g/mol. The fourth-order valence-electron chi connectivity index (χ4n) is 2.03. The van der Waals surface area contributed by atoms with Gasteiger partial charge in [0.05, 0.1) is 28.7 Å². The number of nitrogens with one attached hydrogen (secondary N) is 1. The van der Waals surface area contributed by atoms with Crippen LogP contribution in [-0.2, 0) is 17.9 Å². The van der Waals surface area contributed by atoms with Gasteiger partial charge in [-0.05, 0) is 29.8 Å². The zero-order valence-electron chi connectivity index (χ0n) is 12.7. The molecule has 7 nitrogen and oxygen atoms in total. The third-order valence-electron chi connectivity index (χ3n) is 3.31. The zero-order chi connectivity index (χ0) is 16.3. The molecular weight excluding hydrogens is 348 g/mol. The molecule has 0 aromatic carbocycles. The van der Waals surface area contributed by atoms with E-state index < -0.39 is 0 Å². The lowest BCUT2D eigenvalue weighted by molar-refractivity contribution is -0.119. The normalized spacial score (nSPS) is 12.0. The van der Waals surface area contributed by atoms with Crippen LogP contribution in [-0.4, -0.2) is 25.5 Å². The summed E-state index contributed by atoms with van der Waals surface area (Å²) in [4.78, 5) is 12.2. The molecule has 116 valence electrons. The van der Waals surface area contributed by atoms with Crippen molar-refractivity contribution in [3.63, 3.8) is 0 Å². The van der Waals surface area contributed by atoms with E-state index in [0.29, 0.717) is 12.4 Å². The summed E-state index contributed by atoms with van der Waals surface area (Å²) in [7, 11) is 0. The number of hydrogen-bond donors (Lipinski definition) is 1. The van der Waals surface area contributed by atoms with Gasteiger partial charge in [-0.2, -0.15) is 15.5 Å². The highest BCUT2D eigenvalue weighted by Gasteiger charge is 2.18. The lowest BCUT2D eigenvalue weighted by atomic mass is 10.1. The van der Waals surface area contributed by atoms with Crippen molar-refractivity contribution in [1.29, 1.82) is 5.26 Å². The minimum Gasteiger partial charge on any atom is -0.309 e. The fourth-order valence-corrected chi connectivity index (χ4v) is 2.32. The summed E-state index contributed by atoms with van der Waals surface area (Å²) >= 11 is 3.48. The van der Waals surface area contributed by atoms with Crippen LogP contribution in [0.25, 0.3) is 0 Å². The number of rotatable bonds is 5. The van der Waals surface area contributed by atoms with Gasteiger partial charge in [-0.25, -0.2) is 0 Å². The first-order chi connectivity index (χ1) is 10.4. The molecule has 1 N–H and O–H groups in total. The minimum absolute atomic E-state index is 0.133. The zero-order valence-corrected chi connectivity index (χ0v) is 14.3. The summed E-state index contributed by atoms with van der Waals surface area (Å²) < 4.78 is 4.26. The summed E-state index contributed by atoms with van der Waals surface area (Å²) in [5, 5.41) is 19.8. The van der Waals surface area contributed by atoms with Crippen LogP contribution in [0.5, 0.6) is 0 Å². The number of anilines is 1. The number of carbonyl (C=O) groups is 1. The third-order valence-corrected chi connectivity index (χ3v) is 4.46. The van der Waals surface area contributed by atoms with Gasteiger partial charge < -0.3 is 5.32 Å². The number of nitriles is 1. The van der Waals surface area contributed by atoms with Gasteiger partial charge in [-0.3, -0.25) is 14.2 Å². The predicted octanol–water partition coefficient (Wildman–Crippen LogP) is 2.26. The van der Waals surface area contributed by atoms with Crippen LogP contribution in [0.1, 0.15) is 18.3 Å². The van der Waals surface area contributed by atoms with E-state index in [4.69, 9.17) is 5.26 Å². The highest BCUT2D eigenvalue weighted by molar-refractivity contribution is 9.10. The van der Waals surface area contributed by atoms with Crippen molar-refractivity contribution in [3.8, 4) is 6.07 Å². The molecule has 0 aliphatic rings. The number of amides is 1. The van der Waals surface area contributed by atoms with Crippen LogP contribution in [0.2, 0.25) is 0 Å². The number of carbonyl (C=O) groups excluding carboxylic acids is 1. The second kappa shape index (κ2) is 6.75. The number of halogens is 1. The molecule has 0 saturated heterocycles. The van der Waals surface area contributed by atoms with Crippen LogP contribution in [0.15, 0.2) is 16.7 Å². The van der Waals surface area contributed by atoms with Crippen molar-refractivity contribution in [3.05, 3.63) is 28.1 Å². The Labute approximate surface area is 137 Å². The first-order valence-electron chi connectivity index (χ1n) is 6.83. The summed E-state index contributed by atoms with van der Waals surface area (Å²) in [6.07, 6.45) is 1.65. The SMILES string of the molecule is Cc1nn(CC(C)C(=O)Nc2ccn(CC#N)n2)c(C)c1Br. The lowest BCUT2D eigenvalue weighted by Gasteiger charge is -2.12. The molecule has 1 amide bonds. The maximum atomic E-state index is 12.2. The van der Waals surface area contributed by atoms with E-state index in [-0.39, 0.29) is 18.4 Å². The highest BCUT2D eigenvalue weighted by Crippen LogP contribution is 2.20. The van der Waals surface area contributed by atoms with E-state index in [0.717, 1.165) is 15.9 Å². The molecule has 1 unspecified atom stereocenters. The van der Waals surface area contributed by atoms with Crippen molar-refractivity contribution in [2.24, 2.45) is 5.92 Å². The Balaban J connectivity index is 1.99. The van der Waals surface area contributed by atoms with E-state index in [9.17, 15) is 4.79 Å². The molecule has 0 radical (unpaired) electrons. The maximum Gasteiger partial charge on any atom is 0.230 e. The van der Waals surface area contributed by atoms with Crippen LogP contribution < -0.4 is 5.32 Å². The second-order valence-electron chi connectivity index (χ2n) is 5.11. The van der Waals surface area contributed by atoms with Gasteiger partial charge in [0.2, 0.25) is 5.91 Å². The Kier molecular flexibility index (Phi) is 4.98. The largest absolute Gasteiger partial charge is 0.309 e. The summed E-state index contributed by atoms with van der Waals surface area (Å²) in [5.41, 5.74) is 1.90. The van der Waals surface area contributed by atoms with Gasteiger partial charge in [0.1, 0.15) is 6.54 Å². The molecule has 0 spiro atoms. The molecule has 0 fully saturated rings. The number of nitrogens with zero attached hydrogens (tertiary/aromatic N) is 5. The maximum absolute atomic E-state index is 12.2. The van der Waals surface area contributed by atoms with E-state index in [1.165, 1.54) is 4.68 Å². The average molecular weight is 365 g/mol. The molecule has 1 atom stereocenters. The van der Waals surface area contributed by atoms with Gasteiger partial charge in [0.15, 0.2) is 5.82 Å². The fraction of sp³-hybridized carbons (Fsp3) is 0.429. The molecule has 2 aromatic rings. The lowest BCUT2D eigenvalue weighted by Crippen LogP contribution is -2.25. The number of aryl methyl sites for hydroxylation is 1. The van der Waals surface area contributed by atoms with Gasteiger partial charge >= 0.3 is 0 Å². The van der Waals surface area contributed by atoms with E-state index in [1.807, 2.05) is 31.5 Å². The Morgan fingerprint density at radius 3 is 2.82 bits per heavy atom. The minimum atomic E-state index is -0.258. The van der Waals surface area contributed by atoms with Gasteiger partial charge in [0, 0.05) is 18.0 Å². The molecule has 0 aliphatic carbocycles. The van der Waals surface area contributed by atoms with Gasteiger partial charge in [0.25, 0.3) is 0 Å². The Bertz CT molecular complexity index is 726. The van der Waals surface area contributed by atoms with Crippen LogP contribution in [0.3, 0.4) is 0 Å². The topological polar surface area (TPSA) is 88.5 Å². The highest BCUT2D eigenvalue weighted by atomic mass is 79.9. The molecule has 8 heteroatoms. The van der Waals surface area contributed by atoms with Crippen molar-refractivity contribution in [1.82, 2.24) is 19.6 Å². The molecule has 0 saturated carbocycles. The van der Waals surface area contributed by atoms with Crippen LogP contribution in [0, 0.1) is 31.1 Å². The first-order valence-corrected chi connectivity index (χ1v) is 7.62. The van der Waals surface area contributed by atoms with Crippen LogP contribution >= 0.6 is 15.9 Å². The van der Waals surface area contributed by atoms with Crippen molar-refractivity contribution >= 4 is 27.7 Å². The first kappa shape index (κ1) is 16.2. The molecule has 22 heavy (non-hydrogen) atoms. The Morgan fingerprint density at radius 2 is 2.23 bits per heavy atom. The van der Waals surface area contributed by atoms with Crippen molar-refractivity contribution < 1.29 is 4.79 Å². The van der Waals surface area contributed by atoms with Crippen LogP contribution in [0.4, 0.5) is 5.82 Å². The smallest absolute Gasteiger partial charge is 0.230 e. The Morgan fingerprint density at radius 1 is 1.50 bits per heavy atom. The van der Waals surface area contributed by atoms with Crippen molar-refractivity contribution in [2.75, 3.05) is 5.32 Å². The molecule has 2 aromatic heterocycles. The quantitative estimate of drug-likeness (QED) is 0.880. The summed E-state index contributed by atoms with van der Waals surface area (Å²) in [5.74, 6) is 0.0542. The molecule has 0 aliphatic heterocycles. The molecule has 2 rings (SSSR count). The van der Waals surface area contributed by atoms with Crippen molar-refractivity contribution in [2.45, 2.75) is 33.9 Å². The number of hydrogen-bond acceptors (Lipinski definition) is 4. The summed E-state index contributed by atoms with van der Waals surface area (Å²) in [6.45, 7) is 6.36. The standard InChI is InChI=1S/C14H17BrN6O/c1-9(8-21-11(3)13(15)10(2)18-21)14(22)17-12-4-6-20(19-12)7-5-16/h4,6,9H,7-8H2,1-3H3,(H,17,19,22). The predicted molar refractivity (Wildman–Crippen MR) is 85.0 cm³/mol. The van der Waals surface area contributed by atoms with E-state index in [1.54, 1.807) is 12.3 Å². The third kappa shape index (κ3) is 3.54. The van der Waals surface area contributed by atoms with Gasteiger partial charge in [-0.15, -0.1) is 0 Å². The van der Waals surface area contributed by atoms with Gasteiger partial charge in [-0.1, -0.05) is 6.92 Å². The molecular formula is C14H17BrN6O.